The molecule has 0 aliphatic rings. The molecular formula is C11H16FNO2. The molecule has 0 radical (unpaired) electrons. The van der Waals surface area contributed by atoms with Crippen LogP contribution in [0.15, 0.2) is 18.2 Å². The number of halogens is 1. The van der Waals surface area contributed by atoms with Gasteiger partial charge in [0.05, 0.1) is 7.11 Å². The number of methoxy groups -OCH3 is 2. The van der Waals surface area contributed by atoms with Gasteiger partial charge < -0.3 is 15.2 Å². The Morgan fingerprint density at radius 3 is 2.67 bits per heavy atom. The average Bonchev–Trinajstić information content (AvgIpc) is 2.25. The molecule has 0 saturated heterocycles. The minimum absolute atomic E-state index is 0.335. The highest BCUT2D eigenvalue weighted by atomic mass is 19.1. The fourth-order valence-electron chi connectivity index (χ4n) is 1.34. The van der Waals surface area contributed by atoms with E-state index in [4.69, 9.17) is 15.2 Å². The van der Waals surface area contributed by atoms with E-state index in [1.165, 1.54) is 13.2 Å². The topological polar surface area (TPSA) is 44.5 Å². The third kappa shape index (κ3) is 3.18. The molecule has 0 aliphatic heterocycles. The van der Waals surface area contributed by atoms with Crippen LogP contribution in [-0.4, -0.2) is 20.8 Å². The molecule has 1 atom stereocenters. The zero-order valence-corrected chi connectivity index (χ0v) is 9.00. The lowest BCUT2D eigenvalue weighted by Crippen LogP contribution is -2.14. The standard InChI is InChI=1S/C11H16FNO2/c1-14-6-5-11(13)9-4-3-8(15-2)7-10(9)12/h3-4,7,11H,5-6,13H2,1-2H3. The van der Waals surface area contributed by atoms with E-state index in [0.717, 1.165) is 0 Å². The van der Waals surface area contributed by atoms with E-state index >= 15 is 0 Å². The van der Waals surface area contributed by atoms with Crippen LogP contribution >= 0.6 is 0 Å². The Labute approximate surface area is 89.0 Å². The van der Waals surface area contributed by atoms with Crippen molar-refractivity contribution in [3.63, 3.8) is 0 Å². The number of nitrogens with two attached hydrogens (primary N) is 1. The lowest BCUT2D eigenvalue weighted by molar-refractivity contribution is 0.187. The predicted molar refractivity (Wildman–Crippen MR) is 56.4 cm³/mol. The van der Waals surface area contributed by atoms with Crippen LogP contribution in [0.3, 0.4) is 0 Å². The molecule has 1 aromatic rings. The van der Waals surface area contributed by atoms with Gasteiger partial charge in [-0.1, -0.05) is 6.07 Å². The largest absolute Gasteiger partial charge is 0.497 e. The molecular weight excluding hydrogens is 197 g/mol. The van der Waals surface area contributed by atoms with E-state index in [1.807, 2.05) is 0 Å². The van der Waals surface area contributed by atoms with Crippen molar-refractivity contribution in [3.05, 3.63) is 29.6 Å². The number of rotatable bonds is 5. The maximum atomic E-state index is 13.5. The highest BCUT2D eigenvalue weighted by Gasteiger charge is 2.11. The van der Waals surface area contributed by atoms with E-state index in [1.54, 1.807) is 19.2 Å². The van der Waals surface area contributed by atoms with Crippen LogP contribution in [0.25, 0.3) is 0 Å². The van der Waals surface area contributed by atoms with Crippen LogP contribution in [0.2, 0.25) is 0 Å². The van der Waals surface area contributed by atoms with Gasteiger partial charge in [0.25, 0.3) is 0 Å². The summed E-state index contributed by atoms with van der Waals surface area (Å²) in [6.07, 6.45) is 0.597. The van der Waals surface area contributed by atoms with Crippen molar-refractivity contribution in [1.82, 2.24) is 0 Å². The van der Waals surface area contributed by atoms with E-state index in [0.29, 0.717) is 24.3 Å². The molecule has 3 nitrogen and oxygen atoms in total. The zero-order chi connectivity index (χ0) is 11.3. The maximum absolute atomic E-state index is 13.5. The van der Waals surface area contributed by atoms with Crippen LogP contribution in [0.1, 0.15) is 18.0 Å². The van der Waals surface area contributed by atoms with Crippen molar-refractivity contribution in [2.75, 3.05) is 20.8 Å². The Balaban J connectivity index is 2.76. The van der Waals surface area contributed by atoms with Crippen molar-refractivity contribution in [2.45, 2.75) is 12.5 Å². The van der Waals surface area contributed by atoms with Gasteiger partial charge in [0.15, 0.2) is 0 Å². The minimum atomic E-state index is -0.337. The summed E-state index contributed by atoms with van der Waals surface area (Å²) in [5.41, 5.74) is 6.31. The van der Waals surface area contributed by atoms with Gasteiger partial charge in [-0.25, -0.2) is 4.39 Å². The summed E-state index contributed by atoms with van der Waals surface area (Å²) in [5.74, 6) is 0.160. The normalized spacial score (nSPS) is 12.5. The molecule has 1 aromatic carbocycles. The number of hydrogen-bond acceptors (Lipinski definition) is 3. The average molecular weight is 213 g/mol. The quantitative estimate of drug-likeness (QED) is 0.812. The highest BCUT2D eigenvalue weighted by Crippen LogP contribution is 2.22. The molecule has 0 spiro atoms. The van der Waals surface area contributed by atoms with Crippen molar-refractivity contribution in [1.29, 1.82) is 0 Å². The van der Waals surface area contributed by atoms with Gasteiger partial charge in [0.1, 0.15) is 11.6 Å². The second-order valence-corrected chi connectivity index (χ2v) is 3.28. The highest BCUT2D eigenvalue weighted by molar-refractivity contribution is 5.30. The fraction of sp³-hybridized carbons (Fsp3) is 0.455. The summed E-state index contributed by atoms with van der Waals surface area (Å²) in [6, 6.07) is 4.34. The molecule has 0 saturated carbocycles. The van der Waals surface area contributed by atoms with Crippen LogP contribution in [-0.2, 0) is 4.74 Å². The van der Waals surface area contributed by atoms with Crippen molar-refractivity contribution in [2.24, 2.45) is 5.73 Å². The number of benzene rings is 1. The lowest BCUT2D eigenvalue weighted by Gasteiger charge is -2.13. The first-order valence-electron chi connectivity index (χ1n) is 4.77. The SMILES string of the molecule is COCCC(N)c1ccc(OC)cc1F. The monoisotopic (exact) mass is 213 g/mol. The first-order valence-corrected chi connectivity index (χ1v) is 4.77. The Bertz CT molecular complexity index is 317. The van der Waals surface area contributed by atoms with E-state index < -0.39 is 0 Å². The van der Waals surface area contributed by atoms with E-state index in [9.17, 15) is 4.39 Å². The third-order valence-electron chi connectivity index (χ3n) is 2.24. The van der Waals surface area contributed by atoms with Gasteiger partial charge in [-0.3, -0.25) is 0 Å². The maximum Gasteiger partial charge on any atom is 0.131 e. The molecule has 1 unspecified atom stereocenters. The molecule has 2 N–H and O–H groups in total. The summed E-state index contributed by atoms with van der Waals surface area (Å²) in [4.78, 5) is 0. The fourth-order valence-corrected chi connectivity index (χ4v) is 1.34. The van der Waals surface area contributed by atoms with Gasteiger partial charge >= 0.3 is 0 Å². The zero-order valence-electron chi connectivity index (χ0n) is 9.00. The van der Waals surface area contributed by atoms with Gasteiger partial charge in [0, 0.05) is 31.4 Å². The first-order chi connectivity index (χ1) is 7.19. The Morgan fingerprint density at radius 1 is 1.40 bits per heavy atom. The molecule has 0 amide bonds. The summed E-state index contributed by atoms with van der Waals surface area (Å²) >= 11 is 0. The number of ether oxygens (including phenoxy) is 2. The molecule has 84 valence electrons. The molecule has 15 heavy (non-hydrogen) atoms. The van der Waals surface area contributed by atoms with Crippen LogP contribution < -0.4 is 10.5 Å². The van der Waals surface area contributed by atoms with Crippen molar-refractivity contribution < 1.29 is 13.9 Å². The van der Waals surface area contributed by atoms with E-state index in [2.05, 4.69) is 0 Å². The Kier molecular flexibility index (Phi) is 4.52. The minimum Gasteiger partial charge on any atom is -0.497 e. The molecule has 0 aliphatic carbocycles. The molecule has 0 heterocycles. The second kappa shape index (κ2) is 5.68. The summed E-state index contributed by atoms with van der Waals surface area (Å²) in [7, 11) is 3.09. The van der Waals surface area contributed by atoms with Gasteiger partial charge in [-0.05, 0) is 12.5 Å². The summed E-state index contributed by atoms with van der Waals surface area (Å²) < 4.78 is 23.3. The van der Waals surface area contributed by atoms with Gasteiger partial charge in [0.2, 0.25) is 0 Å². The lowest BCUT2D eigenvalue weighted by atomic mass is 10.0. The van der Waals surface area contributed by atoms with Crippen molar-refractivity contribution in [3.8, 4) is 5.75 Å². The van der Waals surface area contributed by atoms with Crippen LogP contribution in [0.4, 0.5) is 4.39 Å². The second-order valence-electron chi connectivity index (χ2n) is 3.28. The van der Waals surface area contributed by atoms with Gasteiger partial charge in [-0.15, -0.1) is 0 Å². The number of hydrogen-bond donors (Lipinski definition) is 1. The molecule has 1 rings (SSSR count). The third-order valence-corrected chi connectivity index (χ3v) is 2.24. The predicted octanol–water partition coefficient (Wildman–Crippen LogP) is 1.87. The Morgan fingerprint density at radius 2 is 2.13 bits per heavy atom. The molecule has 0 aromatic heterocycles. The van der Waals surface area contributed by atoms with Gasteiger partial charge in [-0.2, -0.15) is 0 Å². The molecule has 0 fully saturated rings. The van der Waals surface area contributed by atoms with Crippen LogP contribution in [0, 0.1) is 5.82 Å². The smallest absolute Gasteiger partial charge is 0.131 e. The molecule has 4 heteroatoms. The summed E-state index contributed by atoms with van der Waals surface area (Å²) in [6.45, 7) is 0.520. The Hall–Kier alpha value is -1.13. The van der Waals surface area contributed by atoms with Crippen LogP contribution in [0.5, 0.6) is 5.75 Å². The van der Waals surface area contributed by atoms with Crippen molar-refractivity contribution >= 4 is 0 Å². The molecule has 0 bridgehead atoms. The summed E-state index contributed by atoms with van der Waals surface area (Å²) in [5, 5.41) is 0. The first kappa shape index (κ1) is 11.9. The van der Waals surface area contributed by atoms with E-state index in [-0.39, 0.29) is 11.9 Å².